The molecule has 0 N–H and O–H groups in total. The van der Waals surface area contributed by atoms with Gasteiger partial charge < -0.3 is 9.80 Å². The molecule has 3 aromatic rings. The number of hydrogen-bond acceptors (Lipinski definition) is 2. The van der Waals surface area contributed by atoms with Crippen LogP contribution in [0.25, 0.3) is 0 Å². The van der Waals surface area contributed by atoms with Crippen LogP contribution in [0, 0.1) is 12.8 Å². The summed E-state index contributed by atoms with van der Waals surface area (Å²) in [5, 5.41) is 0. The van der Waals surface area contributed by atoms with Crippen molar-refractivity contribution in [2.45, 2.75) is 46.2 Å². The van der Waals surface area contributed by atoms with Crippen molar-refractivity contribution in [3.8, 4) is 0 Å². The standard InChI is InChI=1S/C28H30N2O2/c1-19(2)27(31)29-21(4)18-26(24-12-8-9-13-25(24)29)30(23-10-6-5-7-11-23)28(32)22-16-14-20(3)15-17-22/h5-17,19,21,26H,18H2,1-4H3. The molecule has 0 fully saturated rings. The molecule has 4 nitrogen and oxygen atoms in total. The lowest BCUT2D eigenvalue weighted by molar-refractivity contribution is -0.122. The van der Waals surface area contributed by atoms with Crippen molar-refractivity contribution >= 4 is 23.2 Å². The van der Waals surface area contributed by atoms with Crippen LogP contribution in [0.3, 0.4) is 0 Å². The first-order valence-corrected chi connectivity index (χ1v) is 11.3. The Kier molecular flexibility index (Phi) is 6.13. The highest BCUT2D eigenvalue weighted by molar-refractivity contribution is 6.07. The van der Waals surface area contributed by atoms with Gasteiger partial charge in [0.05, 0.1) is 6.04 Å². The Morgan fingerprint density at radius 3 is 2.19 bits per heavy atom. The zero-order valence-corrected chi connectivity index (χ0v) is 19.2. The molecule has 0 aromatic heterocycles. The Morgan fingerprint density at radius 1 is 0.906 bits per heavy atom. The second-order valence-electron chi connectivity index (χ2n) is 8.90. The Hall–Kier alpha value is -3.40. The Labute approximate surface area is 190 Å². The lowest BCUT2D eigenvalue weighted by Crippen LogP contribution is -2.49. The number of benzene rings is 3. The first-order chi connectivity index (χ1) is 15.4. The molecule has 0 aliphatic carbocycles. The van der Waals surface area contributed by atoms with Crippen molar-refractivity contribution in [3.05, 3.63) is 95.6 Å². The molecule has 2 atom stereocenters. The maximum absolute atomic E-state index is 13.8. The number of nitrogens with zero attached hydrogens (tertiary/aromatic N) is 2. The van der Waals surface area contributed by atoms with Gasteiger partial charge in [-0.25, -0.2) is 0 Å². The molecular formula is C28H30N2O2. The van der Waals surface area contributed by atoms with Crippen LogP contribution < -0.4 is 9.80 Å². The number of carbonyl (C=O) groups is 2. The lowest BCUT2D eigenvalue weighted by atomic mass is 9.88. The summed E-state index contributed by atoms with van der Waals surface area (Å²) in [6.45, 7) is 7.95. The average Bonchev–Trinajstić information content (AvgIpc) is 2.80. The van der Waals surface area contributed by atoms with Crippen molar-refractivity contribution < 1.29 is 9.59 Å². The summed E-state index contributed by atoms with van der Waals surface area (Å²) in [7, 11) is 0. The SMILES string of the molecule is Cc1ccc(C(=O)N(c2ccccc2)C2CC(C)N(C(=O)C(C)C)c3ccccc32)cc1. The van der Waals surface area contributed by atoms with E-state index in [-0.39, 0.29) is 29.8 Å². The monoisotopic (exact) mass is 426 g/mol. The van der Waals surface area contributed by atoms with E-state index in [1.165, 1.54) is 0 Å². The second kappa shape index (κ2) is 8.99. The number of rotatable bonds is 4. The van der Waals surface area contributed by atoms with Crippen LogP contribution in [-0.2, 0) is 4.79 Å². The molecule has 2 amide bonds. The normalized spacial score (nSPS) is 17.7. The van der Waals surface area contributed by atoms with E-state index in [1.807, 2.05) is 109 Å². The fourth-order valence-electron chi connectivity index (χ4n) is 4.50. The van der Waals surface area contributed by atoms with Gasteiger partial charge in [0.25, 0.3) is 5.91 Å². The third kappa shape index (κ3) is 4.05. The van der Waals surface area contributed by atoms with Crippen LogP contribution in [-0.4, -0.2) is 17.9 Å². The predicted molar refractivity (Wildman–Crippen MR) is 130 cm³/mol. The predicted octanol–water partition coefficient (Wildman–Crippen LogP) is 6.16. The minimum absolute atomic E-state index is 0.0261. The van der Waals surface area contributed by atoms with E-state index in [9.17, 15) is 9.59 Å². The molecule has 0 bridgehead atoms. The van der Waals surface area contributed by atoms with Gasteiger partial charge in [-0.15, -0.1) is 0 Å². The number of para-hydroxylation sites is 2. The van der Waals surface area contributed by atoms with Crippen LogP contribution in [0.1, 0.15) is 54.7 Å². The zero-order chi connectivity index (χ0) is 22.8. The topological polar surface area (TPSA) is 40.6 Å². The van der Waals surface area contributed by atoms with E-state index < -0.39 is 0 Å². The van der Waals surface area contributed by atoms with Gasteiger partial charge in [0.15, 0.2) is 0 Å². The largest absolute Gasteiger partial charge is 0.309 e. The zero-order valence-electron chi connectivity index (χ0n) is 19.2. The van der Waals surface area contributed by atoms with Gasteiger partial charge in [0.2, 0.25) is 5.91 Å². The first-order valence-electron chi connectivity index (χ1n) is 11.3. The number of amides is 2. The molecule has 164 valence electrons. The quantitative estimate of drug-likeness (QED) is 0.501. The van der Waals surface area contributed by atoms with Gasteiger partial charge in [-0.05, 0) is 56.2 Å². The van der Waals surface area contributed by atoms with E-state index in [1.54, 1.807) is 0 Å². The Bertz CT molecular complexity index is 1110. The minimum atomic E-state index is -0.173. The molecule has 0 radical (unpaired) electrons. The molecular weight excluding hydrogens is 396 g/mol. The molecule has 0 spiro atoms. The van der Waals surface area contributed by atoms with E-state index in [2.05, 4.69) is 6.92 Å². The van der Waals surface area contributed by atoms with Crippen LogP contribution in [0.5, 0.6) is 0 Å². The summed E-state index contributed by atoms with van der Waals surface area (Å²) in [5.41, 5.74) is 4.53. The van der Waals surface area contributed by atoms with Gasteiger partial charge in [0.1, 0.15) is 0 Å². The van der Waals surface area contributed by atoms with Crippen molar-refractivity contribution in [2.75, 3.05) is 9.80 Å². The summed E-state index contributed by atoms with van der Waals surface area (Å²) < 4.78 is 0. The molecule has 3 aromatic carbocycles. The maximum Gasteiger partial charge on any atom is 0.258 e. The third-order valence-electron chi connectivity index (χ3n) is 6.16. The van der Waals surface area contributed by atoms with Gasteiger partial charge in [0, 0.05) is 28.9 Å². The molecule has 2 unspecified atom stereocenters. The molecule has 1 aliphatic heterocycles. The summed E-state index contributed by atoms with van der Waals surface area (Å²) >= 11 is 0. The van der Waals surface area contributed by atoms with Crippen LogP contribution in [0.4, 0.5) is 11.4 Å². The van der Waals surface area contributed by atoms with E-state index in [0.717, 1.165) is 22.5 Å². The molecule has 0 saturated carbocycles. The molecule has 1 aliphatic rings. The number of aryl methyl sites for hydroxylation is 1. The molecule has 4 rings (SSSR count). The van der Waals surface area contributed by atoms with Gasteiger partial charge >= 0.3 is 0 Å². The molecule has 0 saturated heterocycles. The average molecular weight is 427 g/mol. The maximum atomic E-state index is 13.8. The Morgan fingerprint density at radius 2 is 1.53 bits per heavy atom. The number of hydrogen-bond donors (Lipinski definition) is 0. The fourth-order valence-corrected chi connectivity index (χ4v) is 4.50. The third-order valence-corrected chi connectivity index (χ3v) is 6.16. The van der Waals surface area contributed by atoms with Crippen molar-refractivity contribution in [3.63, 3.8) is 0 Å². The number of carbonyl (C=O) groups excluding carboxylic acids is 2. The van der Waals surface area contributed by atoms with Crippen molar-refractivity contribution in [2.24, 2.45) is 5.92 Å². The summed E-state index contributed by atoms with van der Waals surface area (Å²) in [4.78, 5) is 30.7. The summed E-state index contributed by atoms with van der Waals surface area (Å²) in [5.74, 6) is -0.0205. The fraction of sp³-hybridized carbons (Fsp3) is 0.286. The van der Waals surface area contributed by atoms with E-state index in [4.69, 9.17) is 0 Å². The smallest absolute Gasteiger partial charge is 0.258 e. The highest BCUT2D eigenvalue weighted by Gasteiger charge is 2.39. The Balaban J connectivity index is 1.84. The van der Waals surface area contributed by atoms with Gasteiger partial charge in [-0.1, -0.05) is 67.9 Å². The first kappa shape index (κ1) is 21.8. The highest BCUT2D eigenvalue weighted by Crippen LogP contribution is 2.43. The van der Waals surface area contributed by atoms with Crippen molar-refractivity contribution in [1.29, 1.82) is 0 Å². The second-order valence-corrected chi connectivity index (χ2v) is 8.90. The highest BCUT2D eigenvalue weighted by atomic mass is 16.2. The molecule has 1 heterocycles. The van der Waals surface area contributed by atoms with E-state index in [0.29, 0.717) is 12.0 Å². The molecule has 4 heteroatoms. The summed E-state index contributed by atoms with van der Waals surface area (Å²) in [6.07, 6.45) is 0.669. The number of anilines is 2. The molecule has 32 heavy (non-hydrogen) atoms. The van der Waals surface area contributed by atoms with E-state index >= 15 is 0 Å². The van der Waals surface area contributed by atoms with Crippen molar-refractivity contribution in [1.82, 2.24) is 0 Å². The number of fused-ring (bicyclic) bond motifs is 1. The van der Waals surface area contributed by atoms with Gasteiger partial charge in [-0.2, -0.15) is 0 Å². The van der Waals surface area contributed by atoms with Crippen LogP contribution in [0.2, 0.25) is 0 Å². The minimum Gasteiger partial charge on any atom is -0.309 e. The van der Waals surface area contributed by atoms with Crippen LogP contribution >= 0.6 is 0 Å². The lowest BCUT2D eigenvalue weighted by Gasteiger charge is -2.44. The summed E-state index contributed by atoms with van der Waals surface area (Å²) in [6, 6.07) is 25.3. The van der Waals surface area contributed by atoms with Gasteiger partial charge in [-0.3, -0.25) is 9.59 Å². The van der Waals surface area contributed by atoms with Crippen LogP contribution in [0.15, 0.2) is 78.9 Å².